The van der Waals surface area contributed by atoms with Crippen LogP contribution in [0.1, 0.15) is 6.92 Å². The highest BCUT2D eigenvalue weighted by atomic mass is 32.1. The second-order valence-corrected chi connectivity index (χ2v) is 5.06. The van der Waals surface area contributed by atoms with Crippen molar-refractivity contribution in [2.24, 2.45) is 0 Å². The van der Waals surface area contributed by atoms with Crippen LogP contribution >= 0.6 is 11.3 Å². The summed E-state index contributed by atoms with van der Waals surface area (Å²) >= 11 is 1.23. The number of carbonyl (C=O) groups excluding carboxylic acids is 2. The molecule has 0 saturated heterocycles. The van der Waals surface area contributed by atoms with Crippen LogP contribution in [-0.4, -0.2) is 23.5 Å². The van der Waals surface area contributed by atoms with Gasteiger partial charge in [0.15, 0.2) is 11.7 Å². The average molecular weight is 320 g/mol. The fraction of sp³-hybridized carbons (Fsp3) is 0.133. The van der Waals surface area contributed by atoms with Crippen molar-refractivity contribution in [1.82, 2.24) is 4.98 Å². The molecule has 22 heavy (non-hydrogen) atoms. The first-order chi connectivity index (χ1) is 10.6. The van der Waals surface area contributed by atoms with Crippen LogP contribution in [-0.2, 0) is 14.3 Å². The van der Waals surface area contributed by atoms with Gasteiger partial charge in [-0.2, -0.15) is 0 Å². The van der Waals surface area contributed by atoms with Gasteiger partial charge in [-0.25, -0.2) is 14.2 Å². The van der Waals surface area contributed by atoms with E-state index in [0.717, 1.165) is 5.56 Å². The first-order valence-corrected chi connectivity index (χ1v) is 7.27. The van der Waals surface area contributed by atoms with Crippen LogP contribution in [0, 0.1) is 5.82 Å². The number of halogens is 1. The fourth-order valence-corrected chi connectivity index (χ4v) is 2.30. The number of aromatic nitrogens is 1. The van der Waals surface area contributed by atoms with Gasteiger partial charge >= 0.3 is 5.97 Å². The average Bonchev–Trinajstić information content (AvgIpc) is 2.95. The topological polar surface area (TPSA) is 68.3 Å². The molecule has 0 spiro atoms. The molecule has 0 atom stereocenters. The Hall–Kier alpha value is -2.54. The normalized spacial score (nSPS) is 10.6. The first-order valence-electron chi connectivity index (χ1n) is 6.39. The first kappa shape index (κ1) is 15.8. The van der Waals surface area contributed by atoms with Gasteiger partial charge in [-0.15, -0.1) is 11.3 Å². The number of ether oxygens (including phenoxy) is 1. The van der Waals surface area contributed by atoms with E-state index in [1.165, 1.54) is 35.6 Å². The Morgan fingerprint density at radius 2 is 2.09 bits per heavy atom. The standard InChI is InChI=1S/C15H13FN2O3S/c1-2-3-14(20)21-8-13(19)18-15-17-12(9-22-15)10-4-6-11(16)7-5-10/h2-7,9H,8H2,1H3,(H,17,18,19)/b3-2+. The summed E-state index contributed by atoms with van der Waals surface area (Å²) in [6.07, 6.45) is 2.75. The molecule has 114 valence electrons. The molecule has 7 heteroatoms. The molecule has 0 aliphatic rings. The predicted octanol–water partition coefficient (Wildman–Crippen LogP) is 3.01. The summed E-state index contributed by atoms with van der Waals surface area (Å²) in [4.78, 5) is 26.9. The summed E-state index contributed by atoms with van der Waals surface area (Å²) in [5, 5.41) is 4.66. The molecule has 2 aromatic rings. The molecule has 1 aromatic carbocycles. The molecule has 0 fully saturated rings. The molecule has 1 heterocycles. The lowest BCUT2D eigenvalue weighted by Crippen LogP contribution is -2.20. The van der Waals surface area contributed by atoms with Crippen LogP contribution in [0.15, 0.2) is 41.8 Å². The molecule has 2 rings (SSSR count). The molecular weight excluding hydrogens is 307 g/mol. The van der Waals surface area contributed by atoms with Crippen molar-refractivity contribution >= 4 is 28.3 Å². The number of anilines is 1. The third-order valence-corrected chi connectivity index (χ3v) is 3.30. The van der Waals surface area contributed by atoms with Crippen LogP contribution in [0.4, 0.5) is 9.52 Å². The van der Waals surface area contributed by atoms with Crippen molar-refractivity contribution in [1.29, 1.82) is 0 Å². The van der Waals surface area contributed by atoms with Crippen molar-refractivity contribution < 1.29 is 18.7 Å². The van der Waals surface area contributed by atoms with Crippen LogP contribution in [0.2, 0.25) is 0 Å². The highest BCUT2D eigenvalue weighted by Crippen LogP contribution is 2.24. The number of allylic oxidation sites excluding steroid dienone is 1. The molecular formula is C15H13FN2O3S. The maximum absolute atomic E-state index is 12.9. The second kappa shape index (κ2) is 7.46. The van der Waals surface area contributed by atoms with E-state index in [-0.39, 0.29) is 12.4 Å². The largest absolute Gasteiger partial charge is 0.452 e. The number of hydrogen-bond acceptors (Lipinski definition) is 5. The van der Waals surface area contributed by atoms with Gasteiger partial charge in [0.2, 0.25) is 0 Å². The van der Waals surface area contributed by atoms with Crippen LogP contribution in [0.25, 0.3) is 11.3 Å². The monoisotopic (exact) mass is 320 g/mol. The highest BCUT2D eigenvalue weighted by molar-refractivity contribution is 7.14. The SMILES string of the molecule is C/C=C/C(=O)OCC(=O)Nc1nc(-c2ccc(F)cc2)cs1. The molecule has 1 aromatic heterocycles. The lowest BCUT2D eigenvalue weighted by molar-refractivity contribution is -0.142. The zero-order chi connectivity index (χ0) is 15.9. The maximum Gasteiger partial charge on any atom is 0.330 e. The van der Waals surface area contributed by atoms with E-state index >= 15 is 0 Å². The summed E-state index contributed by atoms with van der Waals surface area (Å²) < 4.78 is 17.6. The number of carbonyl (C=O) groups is 2. The van der Waals surface area contributed by atoms with Crippen molar-refractivity contribution in [2.45, 2.75) is 6.92 Å². The number of thiazole rings is 1. The van der Waals surface area contributed by atoms with E-state index < -0.39 is 11.9 Å². The number of nitrogens with zero attached hydrogens (tertiary/aromatic N) is 1. The van der Waals surface area contributed by atoms with Gasteiger partial charge < -0.3 is 4.74 Å². The van der Waals surface area contributed by atoms with E-state index in [0.29, 0.717) is 10.8 Å². The fourth-order valence-electron chi connectivity index (χ4n) is 1.56. The van der Waals surface area contributed by atoms with E-state index in [9.17, 15) is 14.0 Å². The summed E-state index contributed by atoms with van der Waals surface area (Å²) in [6.45, 7) is 1.29. The maximum atomic E-state index is 12.9. The molecule has 0 radical (unpaired) electrons. The van der Waals surface area contributed by atoms with E-state index in [2.05, 4.69) is 10.3 Å². The minimum Gasteiger partial charge on any atom is -0.452 e. The van der Waals surface area contributed by atoms with Crippen molar-refractivity contribution in [3.63, 3.8) is 0 Å². The van der Waals surface area contributed by atoms with E-state index in [1.807, 2.05) is 0 Å². The summed E-state index contributed by atoms with van der Waals surface area (Å²) in [5.41, 5.74) is 1.38. The Balaban J connectivity index is 1.93. The van der Waals surface area contributed by atoms with Crippen molar-refractivity contribution in [3.05, 3.63) is 47.6 Å². The summed E-state index contributed by atoms with van der Waals surface area (Å²) in [5.74, 6) is -1.38. The number of amides is 1. The van der Waals surface area contributed by atoms with Gasteiger partial charge in [0, 0.05) is 17.0 Å². The molecule has 0 bridgehead atoms. The molecule has 0 saturated carbocycles. The second-order valence-electron chi connectivity index (χ2n) is 4.20. The number of hydrogen-bond donors (Lipinski definition) is 1. The van der Waals surface area contributed by atoms with Gasteiger partial charge in [-0.3, -0.25) is 10.1 Å². The molecule has 1 amide bonds. The van der Waals surface area contributed by atoms with Crippen LogP contribution in [0.5, 0.6) is 0 Å². The minimum absolute atomic E-state index is 0.324. The Labute approximate surface area is 130 Å². The Kier molecular flexibility index (Phi) is 5.37. The van der Waals surface area contributed by atoms with Crippen molar-refractivity contribution in [2.75, 3.05) is 11.9 Å². The van der Waals surface area contributed by atoms with Crippen molar-refractivity contribution in [3.8, 4) is 11.3 Å². The smallest absolute Gasteiger partial charge is 0.330 e. The van der Waals surface area contributed by atoms with Gasteiger partial charge in [0.05, 0.1) is 5.69 Å². The number of esters is 1. The predicted molar refractivity (Wildman–Crippen MR) is 81.9 cm³/mol. The number of benzene rings is 1. The summed E-state index contributed by atoms with van der Waals surface area (Å²) in [7, 11) is 0. The third-order valence-electron chi connectivity index (χ3n) is 2.54. The molecule has 1 N–H and O–H groups in total. The van der Waals surface area contributed by atoms with E-state index in [4.69, 9.17) is 4.74 Å². The zero-order valence-corrected chi connectivity index (χ0v) is 12.5. The quantitative estimate of drug-likeness (QED) is 0.679. The molecule has 5 nitrogen and oxygen atoms in total. The Bertz CT molecular complexity index is 695. The lowest BCUT2D eigenvalue weighted by Gasteiger charge is -2.02. The van der Waals surface area contributed by atoms with Crippen LogP contribution < -0.4 is 5.32 Å². The molecule has 0 aliphatic carbocycles. The molecule has 0 aliphatic heterocycles. The zero-order valence-electron chi connectivity index (χ0n) is 11.7. The van der Waals surface area contributed by atoms with Gasteiger partial charge in [0.25, 0.3) is 5.91 Å². The number of rotatable bonds is 5. The number of nitrogens with one attached hydrogen (secondary N) is 1. The Morgan fingerprint density at radius 1 is 1.36 bits per heavy atom. The lowest BCUT2D eigenvalue weighted by atomic mass is 10.2. The third kappa shape index (κ3) is 4.49. The molecule has 0 unspecified atom stereocenters. The summed E-state index contributed by atoms with van der Waals surface area (Å²) in [6, 6.07) is 5.89. The van der Waals surface area contributed by atoms with Gasteiger partial charge in [-0.05, 0) is 31.2 Å². The van der Waals surface area contributed by atoms with Crippen LogP contribution in [0.3, 0.4) is 0 Å². The van der Waals surface area contributed by atoms with Gasteiger partial charge in [0.1, 0.15) is 5.82 Å². The van der Waals surface area contributed by atoms with E-state index in [1.54, 1.807) is 24.4 Å². The minimum atomic E-state index is -0.580. The Morgan fingerprint density at radius 3 is 2.77 bits per heavy atom. The van der Waals surface area contributed by atoms with Gasteiger partial charge in [-0.1, -0.05) is 6.08 Å². The highest BCUT2D eigenvalue weighted by Gasteiger charge is 2.09.